The average molecular weight is 317 g/mol. The molecule has 2 rings (SSSR count). The lowest BCUT2D eigenvalue weighted by atomic mass is 10.0. The number of halogens is 1. The van der Waals surface area contributed by atoms with E-state index in [2.05, 4.69) is 15.9 Å². The van der Waals surface area contributed by atoms with E-state index in [0.717, 1.165) is 16.5 Å². The van der Waals surface area contributed by atoms with Crippen LogP contribution in [0.2, 0.25) is 0 Å². The number of hydrogen-bond donors (Lipinski definition) is 1. The third-order valence-electron chi connectivity index (χ3n) is 2.83. The average Bonchev–Trinajstić information content (AvgIpc) is 2.39. The van der Waals surface area contributed by atoms with Crippen molar-refractivity contribution < 1.29 is 19.3 Å². The third-order valence-corrected chi connectivity index (χ3v) is 3.42. The smallest absolute Gasteiger partial charge is 0.175 e. The van der Waals surface area contributed by atoms with Crippen molar-refractivity contribution in [3.8, 4) is 11.5 Å². The Bertz CT molecular complexity index is 408. The summed E-state index contributed by atoms with van der Waals surface area (Å²) in [7, 11) is 1.66. The standard InChI is InChI=1S/C13H17BrO4/c1-16-4-2-3-11(15)9-7-10(14)13-12(8-9)17-5-6-18-13/h7-8,11,15H,2-6H2,1H3. The second-order valence-electron chi connectivity index (χ2n) is 4.18. The summed E-state index contributed by atoms with van der Waals surface area (Å²) >= 11 is 3.44. The Labute approximate surface area is 115 Å². The Morgan fingerprint density at radius 3 is 2.94 bits per heavy atom. The molecule has 1 aliphatic heterocycles. The van der Waals surface area contributed by atoms with E-state index in [1.807, 2.05) is 12.1 Å². The number of aliphatic hydroxyl groups excluding tert-OH is 1. The van der Waals surface area contributed by atoms with E-state index in [1.54, 1.807) is 7.11 Å². The van der Waals surface area contributed by atoms with Gasteiger partial charge in [0.1, 0.15) is 13.2 Å². The highest BCUT2D eigenvalue weighted by Crippen LogP contribution is 2.40. The molecule has 1 aromatic carbocycles. The van der Waals surface area contributed by atoms with Gasteiger partial charge in [0.05, 0.1) is 10.6 Å². The van der Waals surface area contributed by atoms with Gasteiger partial charge in [-0.15, -0.1) is 0 Å². The van der Waals surface area contributed by atoms with Gasteiger partial charge in [-0.05, 0) is 46.5 Å². The second kappa shape index (κ2) is 6.41. The van der Waals surface area contributed by atoms with Gasteiger partial charge >= 0.3 is 0 Å². The summed E-state index contributed by atoms with van der Waals surface area (Å²) < 4.78 is 16.8. The molecule has 1 atom stereocenters. The summed E-state index contributed by atoms with van der Waals surface area (Å²) in [5, 5.41) is 10.1. The molecule has 5 heteroatoms. The van der Waals surface area contributed by atoms with E-state index in [0.29, 0.717) is 37.7 Å². The molecule has 0 saturated heterocycles. The lowest BCUT2D eigenvalue weighted by Gasteiger charge is -2.21. The highest BCUT2D eigenvalue weighted by atomic mass is 79.9. The van der Waals surface area contributed by atoms with Crippen LogP contribution in [0.4, 0.5) is 0 Å². The van der Waals surface area contributed by atoms with Crippen LogP contribution in [0.5, 0.6) is 11.5 Å². The van der Waals surface area contributed by atoms with Crippen LogP contribution in [-0.2, 0) is 4.74 Å². The monoisotopic (exact) mass is 316 g/mol. The van der Waals surface area contributed by atoms with E-state index in [1.165, 1.54) is 0 Å². The molecule has 1 aliphatic rings. The van der Waals surface area contributed by atoms with Gasteiger partial charge < -0.3 is 19.3 Å². The van der Waals surface area contributed by atoms with E-state index in [9.17, 15) is 5.11 Å². The first-order valence-corrected chi connectivity index (χ1v) is 6.77. The van der Waals surface area contributed by atoms with Gasteiger partial charge in [0.15, 0.2) is 11.5 Å². The number of fused-ring (bicyclic) bond motifs is 1. The summed E-state index contributed by atoms with van der Waals surface area (Å²) in [5.74, 6) is 1.41. The first-order valence-electron chi connectivity index (χ1n) is 5.98. The topological polar surface area (TPSA) is 47.9 Å². The van der Waals surface area contributed by atoms with E-state index in [-0.39, 0.29) is 0 Å². The van der Waals surface area contributed by atoms with Crippen molar-refractivity contribution in [2.75, 3.05) is 26.9 Å². The SMILES string of the molecule is COCCCC(O)c1cc(Br)c2c(c1)OCCO2. The van der Waals surface area contributed by atoms with Crippen LogP contribution in [0.15, 0.2) is 16.6 Å². The zero-order valence-corrected chi connectivity index (χ0v) is 11.9. The quantitative estimate of drug-likeness (QED) is 0.848. The lowest BCUT2D eigenvalue weighted by Crippen LogP contribution is -2.16. The normalized spacial score (nSPS) is 15.5. The molecule has 4 nitrogen and oxygen atoms in total. The molecule has 0 aliphatic carbocycles. The van der Waals surface area contributed by atoms with Crippen molar-refractivity contribution in [2.24, 2.45) is 0 Å². The van der Waals surface area contributed by atoms with E-state index in [4.69, 9.17) is 14.2 Å². The summed E-state index contributed by atoms with van der Waals surface area (Å²) in [6.07, 6.45) is 0.983. The number of rotatable bonds is 5. The molecule has 1 unspecified atom stereocenters. The number of methoxy groups -OCH3 is 1. The van der Waals surface area contributed by atoms with Gasteiger partial charge in [0.2, 0.25) is 0 Å². The summed E-state index contributed by atoms with van der Waals surface area (Å²) in [6, 6.07) is 3.72. The molecular weight excluding hydrogens is 300 g/mol. The highest BCUT2D eigenvalue weighted by Gasteiger charge is 2.19. The van der Waals surface area contributed by atoms with Crippen LogP contribution in [0.1, 0.15) is 24.5 Å². The molecule has 1 heterocycles. The van der Waals surface area contributed by atoms with Crippen LogP contribution in [0.25, 0.3) is 0 Å². The predicted molar refractivity (Wildman–Crippen MR) is 71.2 cm³/mol. The minimum atomic E-state index is -0.507. The Kier molecular flexibility index (Phi) is 4.86. The fraction of sp³-hybridized carbons (Fsp3) is 0.538. The predicted octanol–water partition coefficient (Wildman–Crippen LogP) is 2.68. The number of aliphatic hydroxyl groups is 1. The van der Waals surface area contributed by atoms with Crippen molar-refractivity contribution in [3.63, 3.8) is 0 Å². The van der Waals surface area contributed by atoms with Crippen molar-refractivity contribution in [3.05, 3.63) is 22.2 Å². The van der Waals surface area contributed by atoms with Gasteiger partial charge in [-0.25, -0.2) is 0 Å². The van der Waals surface area contributed by atoms with Crippen LogP contribution in [0, 0.1) is 0 Å². The van der Waals surface area contributed by atoms with Crippen molar-refractivity contribution in [2.45, 2.75) is 18.9 Å². The van der Waals surface area contributed by atoms with Gasteiger partial charge in [-0.3, -0.25) is 0 Å². The van der Waals surface area contributed by atoms with Gasteiger partial charge in [0.25, 0.3) is 0 Å². The van der Waals surface area contributed by atoms with Crippen molar-refractivity contribution in [1.29, 1.82) is 0 Å². The Balaban J connectivity index is 2.11. The fourth-order valence-corrected chi connectivity index (χ4v) is 2.49. The first kappa shape index (κ1) is 13.6. The summed E-state index contributed by atoms with van der Waals surface area (Å²) in [5.41, 5.74) is 0.835. The molecular formula is C13H17BrO4. The Hall–Kier alpha value is -0.780. The minimum Gasteiger partial charge on any atom is -0.486 e. The molecule has 18 heavy (non-hydrogen) atoms. The molecule has 0 saturated carbocycles. The van der Waals surface area contributed by atoms with E-state index < -0.39 is 6.10 Å². The molecule has 0 amide bonds. The molecule has 100 valence electrons. The van der Waals surface area contributed by atoms with Gasteiger partial charge in [0, 0.05) is 13.7 Å². The maximum Gasteiger partial charge on any atom is 0.175 e. The zero-order chi connectivity index (χ0) is 13.0. The van der Waals surface area contributed by atoms with Gasteiger partial charge in [-0.1, -0.05) is 0 Å². The van der Waals surface area contributed by atoms with Crippen LogP contribution < -0.4 is 9.47 Å². The largest absolute Gasteiger partial charge is 0.486 e. The lowest BCUT2D eigenvalue weighted by molar-refractivity contribution is 0.134. The third kappa shape index (κ3) is 3.16. The summed E-state index contributed by atoms with van der Waals surface area (Å²) in [4.78, 5) is 0. The fourth-order valence-electron chi connectivity index (χ4n) is 1.91. The van der Waals surface area contributed by atoms with Crippen molar-refractivity contribution >= 4 is 15.9 Å². The molecule has 1 N–H and O–H groups in total. The summed E-state index contributed by atoms with van der Waals surface area (Å²) in [6.45, 7) is 1.76. The maximum absolute atomic E-state index is 10.1. The van der Waals surface area contributed by atoms with Crippen LogP contribution >= 0.6 is 15.9 Å². The number of ether oxygens (including phenoxy) is 3. The molecule has 0 spiro atoms. The minimum absolute atomic E-state index is 0.507. The number of hydrogen-bond acceptors (Lipinski definition) is 4. The molecule has 0 fully saturated rings. The van der Waals surface area contributed by atoms with Crippen LogP contribution in [0.3, 0.4) is 0 Å². The zero-order valence-electron chi connectivity index (χ0n) is 10.3. The van der Waals surface area contributed by atoms with E-state index >= 15 is 0 Å². The maximum atomic E-state index is 10.1. The first-order chi connectivity index (χ1) is 8.72. The number of benzene rings is 1. The van der Waals surface area contributed by atoms with Crippen molar-refractivity contribution in [1.82, 2.24) is 0 Å². The molecule has 0 radical (unpaired) electrons. The molecule has 0 aromatic heterocycles. The Morgan fingerprint density at radius 1 is 1.39 bits per heavy atom. The highest BCUT2D eigenvalue weighted by molar-refractivity contribution is 9.10. The second-order valence-corrected chi connectivity index (χ2v) is 5.03. The van der Waals surface area contributed by atoms with Crippen LogP contribution in [-0.4, -0.2) is 32.0 Å². The molecule has 1 aromatic rings. The Morgan fingerprint density at radius 2 is 2.17 bits per heavy atom. The van der Waals surface area contributed by atoms with Gasteiger partial charge in [-0.2, -0.15) is 0 Å². The molecule has 0 bridgehead atoms.